The molecule has 2 N–H and O–H groups in total. The first-order valence-electron chi connectivity index (χ1n) is 6.25. The molecule has 1 aromatic rings. The van der Waals surface area contributed by atoms with Crippen molar-refractivity contribution in [3.63, 3.8) is 0 Å². The first-order chi connectivity index (χ1) is 8.68. The zero-order valence-corrected chi connectivity index (χ0v) is 10.5. The first kappa shape index (κ1) is 12.8. The predicted octanol–water partition coefficient (Wildman–Crippen LogP) is 1.85. The maximum atomic E-state index is 11.0. The quantitative estimate of drug-likeness (QED) is 0.615. The SMILES string of the molecule is Cc1ccnc(NCC[C@H]2CCCN2)c1[N+](=O)[O-]. The number of nitrogens with one attached hydrogen (secondary N) is 2. The highest BCUT2D eigenvalue weighted by atomic mass is 16.6. The molecule has 1 aromatic heterocycles. The van der Waals surface area contributed by atoms with Crippen LogP contribution >= 0.6 is 0 Å². The lowest BCUT2D eigenvalue weighted by Crippen LogP contribution is -2.24. The van der Waals surface area contributed by atoms with Crippen molar-refractivity contribution in [2.45, 2.75) is 32.2 Å². The second kappa shape index (κ2) is 5.77. The minimum absolute atomic E-state index is 0.0804. The minimum atomic E-state index is -0.377. The molecular weight excluding hydrogens is 232 g/mol. The van der Waals surface area contributed by atoms with Crippen LogP contribution < -0.4 is 10.6 Å². The van der Waals surface area contributed by atoms with Gasteiger partial charge in [-0.05, 0) is 38.8 Å². The van der Waals surface area contributed by atoms with Gasteiger partial charge in [0.15, 0.2) is 0 Å². The first-order valence-corrected chi connectivity index (χ1v) is 6.25. The highest BCUT2D eigenvalue weighted by Crippen LogP contribution is 2.25. The third-order valence-electron chi connectivity index (χ3n) is 3.26. The zero-order valence-electron chi connectivity index (χ0n) is 10.5. The van der Waals surface area contributed by atoms with Crippen LogP contribution in [-0.2, 0) is 0 Å². The summed E-state index contributed by atoms with van der Waals surface area (Å²) < 4.78 is 0. The molecule has 0 aliphatic carbocycles. The van der Waals surface area contributed by atoms with Gasteiger partial charge in [0.25, 0.3) is 0 Å². The molecule has 6 heteroatoms. The normalized spacial score (nSPS) is 18.8. The van der Waals surface area contributed by atoms with Gasteiger partial charge in [-0.1, -0.05) is 0 Å². The average Bonchev–Trinajstić information content (AvgIpc) is 2.81. The number of pyridine rings is 1. The summed E-state index contributed by atoms with van der Waals surface area (Å²) >= 11 is 0. The maximum Gasteiger partial charge on any atom is 0.314 e. The molecule has 1 fully saturated rings. The summed E-state index contributed by atoms with van der Waals surface area (Å²) in [5.74, 6) is 0.373. The van der Waals surface area contributed by atoms with Crippen LogP contribution in [0, 0.1) is 17.0 Å². The topological polar surface area (TPSA) is 80.1 Å². The summed E-state index contributed by atoms with van der Waals surface area (Å²) in [6.07, 6.45) is 4.96. The molecule has 18 heavy (non-hydrogen) atoms. The van der Waals surface area contributed by atoms with E-state index in [0.29, 0.717) is 24.0 Å². The van der Waals surface area contributed by atoms with Crippen molar-refractivity contribution in [1.82, 2.24) is 10.3 Å². The zero-order chi connectivity index (χ0) is 13.0. The van der Waals surface area contributed by atoms with Crippen molar-refractivity contribution >= 4 is 11.5 Å². The van der Waals surface area contributed by atoms with Crippen LogP contribution in [0.5, 0.6) is 0 Å². The van der Waals surface area contributed by atoms with Crippen molar-refractivity contribution in [3.05, 3.63) is 27.9 Å². The van der Waals surface area contributed by atoms with E-state index in [4.69, 9.17) is 0 Å². The Labute approximate surface area is 106 Å². The molecule has 6 nitrogen and oxygen atoms in total. The molecule has 98 valence electrons. The van der Waals surface area contributed by atoms with Crippen molar-refractivity contribution in [2.75, 3.05) is 18.4 Å². The molecule has 0 saturated carbocycles. The fraction of sp³-hybridized carbons (Fsp3) is 0.583. The van der Waals surface area contributed by atoms with Crippen molar-refractivity contribution in [3.8, 4) is 0 Å². The number of aromatic nitrogens is 1. The van der Waals surface area contributed by atoms with E-state index in [1.54, 1.807) is 19.2 Å². The lowest BCUT2D eigenvalue weighted by molar-refractivity contribution is -0.384. The molecule has 0 amide bonds. The van der Waals surface area contributed by atoms with Gasteiger partial charge in [-0.25, -0.2) is 4.98 Å². The summed E-state index contributed by atoms with van der Waals surface area (Å²) in [4.78, 5) is 14.7. The van der Waals surface area contributed by atoms with Crippen LogP contribution in [-0.4, -0.2) is 29.0 Å². The molecular formula is C12H18N4O2. The molecule has 0 spiro atoms. The minimum Gasteiger partial charge on any atom is -0.364 e. The second-order valence-corrected chi connectivity index (χ2v) is 4.59. The van der Waals surface area contributed by atoms with E-state index in [1.165, 1.54) is 12.8 Å². The summed E-state index contributed by atoms with van der Waals surface area (Å²) in [7, 11) is 0. The molecule has 1 saturated heterocycles. The summed E-state index contributed by atoms with van der Waals surface area (Å²) in [5, 5.41) is 17.4. The number of rotatable bonds is 5. The lowest BCUT2D eigenvalue weighted by atomic mass is 10.1. The summed E-state index contributed by atoms with van der Waals surface area (Å²) in [6.45, 7) is 3.51. The van der Waals surface area contributed by atoms with Crippen LogP contribution in [0.2, 0.25) is 0 Å². The van der Waals surface area contributed by atoms with Gasteiger partial charge in [-0.3, -0.25) is 10.1 Å². The monoisotopic (exact) mass is 250 g/mol. The van der Waals surface area contributed by atoms with Gasteiger partial charge in [0.2, 0.25) is 5.82 Å². The molecule has 0 aromatic carbocycles. The predicted molar refractivity (Wildman–Crippen MR) is 69.8 cm³/mol. The van der Waals surface area contributed by atoms with Crippen LogP contribution in [0.25, 0.3) is 0 Å². The second-order valence-electron chi connectivity index (χ2n) is 4.59. The van der Waals surface area contributed by atoms with Crippen molar-refractivity contribution < 1.29 is 4.92 Å². The Morgan fingerprint density at radius 1 is 1.67 bits per heavy atom. The standard InChI is InChI=1S/C12H18N4O2/c1-9-4-7-14-12(11(9)16(17)18)15-8-5-10-3-2-6-13-10/h4,7,10,13H,2-3,5-6,8H2,1H3,(H,14,15)/t10-/m1/s1. The number of hydrogen-bond acceptors (Lipinski definition) is 5. The van der Waals surface area contributed by atoms with Crippen LogP contribution in [0.4, 0.5) is 11.5 Å². The average molecular weight is 250 g/mol. The Balaban J connectivity index is 1.96. The van der Waals surface area contributed by atoms with Gasteiger partial charge in [-0.2, -0.15) is 0 Å². The molecule has 1 aliphatic rings. The van der Waals surface area contributed by atoms with E-state index >= 15 is 0 Å². The van der Waals surface area contributed by atoms with Gasteiger partial charge in [-0.15, -0.1) is 0 Å². The van der Waals surface area contributed by atoms with E-state index in [9.17, 15) is 10.1 Å². The van der Waals surface area contributed by atoms with E-state index in [2.05, 4.69) is 15.6 Å². The Hall–Kier alpha value is -1.69. The van der Waals surface area contributed by atoms with Gasteiger partial charge in [0.05, 0.1) is 4.92 Å². The fourth-order valence-electron chi connectivity index (χ4n) is 2.28. The van der Waals surface area contributed by atoms with Gasteiger partial charge < -0.3 is 10.6 Å². The Bertz CT molecular complexity index is 430. The molecule has 1 aliphatic heterocycles. The highest BCUT2D eigenvalue weighted by molar-refractivity contribution is 5.59. The highest BCUT2D eigenvalue weighted by Gasteiger charge is 2.19. The van der Waals surface area contributed by atoms with E-state index in [0.717, 1.165) is 13.0 Å². The molecule has 0 radical (unpaired) electrons. The number of nitrogens with zero attached hydrogens (tertiary/aromatic N) is 2. The van der Waals surface area contributed by atoms with Crippen molar-refractivity contribution in [2.24, 2.45) is 0 Å². The smallest absolute Gasteiger partial charge is 0.314 e. The van der Waals surface area contributed by atoms with Crippen LogP contribution in [0.15, 0.2) is 12.3 Å². The fourth-order valence-corrected chi connectivity index (χ4v) is 2.28. The Morgan fingerprint density at radius 3 is 3.17 bits per heavy atom. The van der Waals surface area contributed by atoms with Gasteiger partial charge in [0.1, 0.15) is 0 Å². The van der Waals surface area contributed by atoms with Gasteiger partial charge >= 0.3 is 5.69 Å². The summed E-state index contributed by atoms with van der Waals surface area (Å²) in [6, 6.07) is 2.18. The Morgan fingerprint density at radius 2 is 2.50 bits per heavy atom. The number of hydrogen-bond donors (Lipinski definition) is 2. The lowest BCUT2D eigenvalue weighted by Gasteiger charge is -2.11. The van der Waals surface area contributed by atoms with E-state index in [1.807, 2.05) is 0 Å². The number of nitro groups is 1. The maximum absolute atomic E-state index is 11.0. The number of anilines is 1. The van der Waals surface area contributed by atoms with Crippen LogP contribution in [0.1, 0.15) is 24.8 Å². The molecule has 1 atom stereocenters. The third kappa shape index (κ3) is 2.95. The summed E-state index contributed by atoms with van der Waals surface area (Å²) in [5.41, 5.74) is 0.716. The molecule has 2 rings (SSSR count). The van der Waals surface area contributed by atoms with Gasteiger partial charge in [0, 0.05) is 24.3 Å². The molecule has 2 heterocycles. The Kier molecular flexibility index (Phi) is 4.09. The largest absolute Gasteiger partial charge is 0.364 e. The van der Waals surface area contributed by atoms with E-state index in [-0.39, 0.29) is 10.6 Å². The molecule has 0 unspecified atom stereocenters. The molecule has 0 bridgehead atoms. The number of aryl methyl sites for hydroxylation is 1. The van der Waals surface area contributed by atoms with Crippen molar-refractivity contribution in [1.29, 1.82) is 0 Å². The third-order valence-corrected chi connectivity index (χ3v) is 3.26. The van der Waals surface area contributed by atoms with Crippen LogP contribution in [0.3, 0.4) is 0 Å². The van der Waals surface area contributed by atoms with E-state index < -0.39 is 0 Å².